The summed E-state index contributed by atoms with van der Waals surface area (Å²) in [5.74, 6) is -1.26. The minimum absolute atomic E-state index is 0.118. The van der Waals surface area contributed by atoms with Gasteiger partial charge in [-0.05, 0) is 31.4 Å². The number of aliphatic hydroxyl groups is 1. The number of aromatic nitrogens is 2. The fraction of sp³-hybridized carbons (Fsp3) is 0.333. The molecule has 2 atom stereocenters. The van der Waals surface area contributed by atoms with E-state index in [0.29, 0.717) is 18.4 Å². The number of aliphatic hydroxyl groups excluding tert-OH is 1. The Labute approximate surface area is 127 Å². The number of hydrogen-bond donors (Lipinski definition) is 3. The molecule has 22 heavy (non-hydrogen) atoms. The Hall–Kier alpha value is -2.41. The van der Waals surface area contributed by atoms with Crippen LogP contribution in [0.15, 0.2) is 30.7 Å². The smallest absolute Gasteiger partial charge is 0.268 e. The molecule has 1 amide bonds. The summed E-state index contributed by atoms with van der Waals surface area (Å²) < 4.78 is 14.6. The highest BCUT2D eigenvalue weighted by molar-refractivity contribution is 5.90. The number of rotatable bonds is 6. The summed E-state index contributed by atoms with van der Waals surface area (Å²) in [6.07, 6.45) is 3.13. The third kappa shape index (κ3) is 3.62. The molecule has 0 fully saturated rings. The van der Waals surface area contributed by atoms with E-state index in [1.54, 1.807) is 11.5 Å². The number of carbonyl (C=O) groups excluding carboxylic acids is 1. The van der Waals surface area contributed by atoms with E-state index in [-0.39, 0.29) is 17.5 Å². The molecule has 0 aliphatic carbocycles. The van der Waals surface area contributed by atoms with Crippen LogP contribution >= 0.6 is 0 Å². The summed E-state index contributed by atoms with van der Waals surface area (Å²) in [6, 6.07) is 3.49. The first-order chi connectivity index (χ1) is 10.4. The predicted octanol–water partition coefficient (Wildman–Crippen LogP) is 1.38. The van der Waals surface area contributed by atoms with Crippen LogP contribution in [-0.4, -0.2) is 31.8 Å². The highest BCUT2D eigenvalue weighted by Crippen LogP contribution is 2.24. The van der Waals surface area contributed by atoms with Gasteiger partial charge in [-0.15, -0.1) is 0 Å². The molecule has 2 aromatic rings. The van der Waals surface area contributed by atoms with E-state index in [2.05, 4.69) is 4.98 Å². The number of benzene rings is 1. The number of aromatic hydroxyl groups is 1. The maximum Gasteiger partial charge on any atom is 0.268 e. The maximum atomic E-state index is 13.0. The van der Waals surface area contributed by atoms with Crippen molar-refractivity contribution in [3.05, 3.63) is 47.8 Å². The highest BCUT2D eigenvalue weighted by Gasteiger charge is 2.19. The van der Waals surface area contributed by atoms with Gasteiger partial charge >= 0.3 is 0 Å². The van der Waals surface area contributed by atoms with Crippen molar-refractivity contribution in [3.63, 3.8) is 0 Å². The molecule has 6 nitrogen and oxygen atoms in total. The number of primary amides is 1. The van der Waals surface area contributed by atoms with Crippen LogP contribution in [0.5, 0.6) is 5.75 Å². The number of nitrogens with two attached hydrogens (primary N) is 1. The molecule has 1 aromatic carbocycles. The van der Waals surface area contributed by atoms with Gasteiger partial charge in [0.15, 0.2) is 0 Å². The molecule has 0 saturated carbocycles. The molecular weight excluding hydrogens is 289 g/mol. The molecule has 0 aliphatic heterocycles. The molecule has 0 bridgehead atoms. The van der Waals surface area contributed by atoms with Crippen LogP contribution in [0.4, 0.5) is 4.39 Å². The van der Waals surface area contributed by atoms with Crippen LogP contribution in [-0.2, 0) is 6.42 Å². The Kier molecular flexibility index (Phi) is 4.77. The van der Waals surface area contributed by atoms with Gasteiger partial charge in [-0.25, -0.2) is 9.37 Å². The van der Waals surface area contributed by atoms with Crippen molar-refractivity contribution in [2.45, 2.75) is 31.9 Å². The number of hydrogen-bond acceptors (Lipinski definition) is 4. The molecule has 7 heteroatoms. The summed E-state index contributed by atoms with van der Waals surface area (Å²) in [6.45, 7) is 1.62. The normalized spacial score (nSPS) is 13.8. The van der Waals surface area contributed by atoms with Crippen LogP contribution < -0.4 is 5.73 Å². The number of aryl methyl sites for hydroxylation is 1. The van der Waals surface area contributed by atoms with Crippen LogP contribution in [0.1, 0.15) is 35.4 Å². The second kappa shape index (κ2) is 6.57. The van der Waals surface area contributed by atoms with Gasteiger partial charge in [-0.3, -0.25) is 4.79 Å². The zero-order valence-electron chi connectivity index (χ0n) is 12.1. The van der Waals surface area contributed by atoms with Gasteiger partial charge in [0.1, 0.15) is 17.3 Å². The lowest BCUT2D eigenvalue weighted by atomic mass is 10.0. The SMILES string of the molecule is C[C@H](O)[C@@H](CCc1ccc(F)cc1O)n1cnc(C(N)=O)c1. The summed E-state index contributed by atoms with van der Waals surface area (Å²) in [7, 11) is 0. The van der Waals surface area contributed by atoms with Gasteiger partial charge in [-0.1, -0.05) is 6.07 Å². The molecule has 4 N–H and O–H groups in total. The van der Waals surface area contributed by atoms with Crippen molar-refractivity contribution in [1.29, 1.82) is 0 Å². The zero-order chi connectivity index (χ0) is 16.3. The number of phenolic OH excluding ortho intramolecular Hbond substituents is 1. The van der Waals surface area contributed by atoms with Gasteiger partial charge in [0.05, 0.1) is 18.5 Å². The lowest BCUT2D eigenvalue weighted by molar-refractivity contribution is 0.0994. The Morgan fingerprint density at radius 3 is 2.77 bits per heavy atom. The minimum Gasteiger partial charge on any atom is -0.508 e. The molecule has 0 unspecified atom stereocenters. The van der Waals surface area contributed by atoms with E-state index in [0.717, 1.165) is 6.07 Å². The fourth-order valence-corrected chi connectivity index (χ4v) is 2.34. The molecule has 1 aromatic heterocycles. The van der Waals surface area contributed by atoms with Crippen molar-refractivity contribution >= 4 is 5.91 Å². The number of halogens is 1. The summed E-state index contributed by atoms with van der Waals surface area (Å²) >= 11 is 0. The van der Waals surface area contributed by atoms with Gasteiger partial charge in [0.25, 0.3) is 5.91 Å². The number of imidazole rings is 1. The Morgan fingerprint density at radius 2 is 2.23 bits per heavy atom. The van der Waals surface area contributed by atoms with Crippen molar-refractivity contribution in [2.24, 2.45) is 5.73 Å². The van der Waals surface area contributed by atoms with E-state index in [1.807, 2.05) is 0 Å². The first-order valence-electron chi connectivity index (χ1n) is 6.87. The van der Waals surface area contributed by atoms with Gasteiger partial charge in [0, 0.05) is 12.3 Å². The fourth-order valence-electron chi connectivity index (χ4n) is 2.34. The van der Waals surface area contributed by atoms with E-state index in [1.165, 1.54) is 24.7 Å². The van der Waals surface area contributed by atoms with Gasteiger partial charge in [-0.2, -0.15) is 0 Å². The highest BCUT2D eigenvalue weighted by atomic mass is 19.1. The molecule has 0 aliphatic rings. The first-order valence-corrected chi connectivity index (χ1v) is 6.87. The monoisotopic (exact) mass is 307 g/mol. The second-order valence-corrected chi connectivity index (χ2v) is 5.19. The van der Waals surface area contributed by atoms with E-state index in [4.69, 9.17) is 5.73 Å². The summed E-state index contributed by atoms with van der Waals surface area (Å²) in [5.41, 5.74) is 5.86. The Balaban J connectivity index is 2.13. The van der Waals surface area contributed by atoms with E-state index < -0.39 is 17.8 Å². The predicted molar refractivity (Wildman–Crippen MR) is 77.8 cm³/mol. The second-order valence-electron chi connectivity index (χ2n) is 5.19. The topological polar surface area (TPSA) is 101 Å². The van der Waals surface area contributed by atoms with Crippen LogP contribution in [0.2, 0.25) is 0 Å². The summed E-state index contributed by atoms with van der Waals surface area (Å²) in [4.78, 5) is 15.0. The van der Waals surface area contributed by atoms with Crippen molar-refractivity contribution in [1.82, 2.24) is 9.55 Å². The number of phenols is 1. The van der Waals surface area contributed by atoms with Crippen molar-refractivity contribution < 1.29 is 19.4 Å². The minimum atomic E-state index is -0.697. The number of carbonyl (C=O) groups is 1. The van der Waals surface area contributed by atoms with Gasteiger partial charge < -0.3 is 20.5 Å². The molecule has 2 rings (SSSR count). The molecular formula is C15H18FN3O3. The molecule has 1 heterocycles. The third-order valence-corrected chi connectivity index (χ3v) is 3.55. The average Bonchev–Trinajstić information content (AvgIpc) is 2.90. The average molecular weight is 307 g/mol. The molecule has 0 radical (unpaired) electrons. The standard InChI is InChI=1S/C15H18FN3O3/c1-9(20)13(19-7-12(15(17)22)18-8-19)5-3-10-2-4-11(16)6-14(10)21/h2,4,6-9,13,20-21H,3,5H2,1H3,(H2,17,22)/t9-,13+/m0/s1. The van der Waals surface area contributed by atoms with Crippen LogP contribution in [0, 0.1) is 5.82 Å². The van der Waals surface area contributed by atoms with Crippen LogP contribution in [0.3, 0.4) is 0 Å². The molecule has 118 valence electrons. The van der Waals surface area contributed by atoms with E-state index in [9.17, 15) is 19.4 Å². The molecule has 0 saturated heterocycles. The maximum absolute atomic E-state index is 13.0. The van der Waals surface area contributed by atoms with Crippen LogP contribution in [0.25, 0.3) is 0 Å². The number of nitrogens with zero attached hydrogens (tertiary/aromatic N) is 2. The quantitative estimate of drug-likeness (QED) is 0.750. The van der Waals surface area contributed by atoms with Crippen molar-refractivity contribution in [2.75, 3.05) is 0 Å². The lowest BCUT2D eigenvalue weighted by Crippen LogP contribution is -2.21. The first kappa shape index (κ1) is 16.0. The van der Waals surface area contributed by atoms with E-state index >= 15 is 0 Å². The molecule has 0 spiro atoms. The largest absolute Gasteiger partial charge is 0.508 e. The third-order valence-electron chi connectivity index (χ3n) is 3.55. The Morgan fingerprint density at radius 1 is 1.50 bits per heavy atom. The number of amides is 1. The van der Waals surface area contributed by atoms with Crippen molar-refractivity contribution in [3.8, 4) is 5.75 Å². The zero-order valence-corrected chi connectivity index (χ0v) is 12.1. The lowest BCUT2D eigenvalue weighted by Gasteiger charge is -2.21. The van der Waals surface area contributed by atoms with Gasteiger partial charge in [0.2, 0.25) is 0 Å². The summed E-state index contributed by atoms with van der Waals surface area (Å²) in [5, 5.41) is 19.6. The Bertz CT molecular complexity index is 670.